The summed E-state index contributed by atoms with van der Waals surface area (Å²) in [6.45, 7) is 5.64. The molecule has 3 aliphatic rings. The fraction of sp³-hybridized carbons (Fsp3) is 0.303. The lowest BCUT2D eigenvalue weighted by Crippen LogP contribution is -2.49. The summed E-state index contributed by atoms with van der Waals surface area (Å²) >= 11 is 3.56. The third-order valence-electron chi connectivity index (χ3n) is 8.54. The first-order valence-corrected chi connectivity index (χ1v) is 14.1. The van der Waals surface area contributed by atoms with Crippen LogP contribution in [0.25, 0.3) is 6.08 Å². The predicted molar refractivity (Wildman–Crippen MR) is 158 cm³/mol. The maximum absolute atomic E-state index is 14.7. The molecule has 0 aromatic heterocycles. The van der Waals surface area contributed by atoms with E-state index in [1.807, 2.05) is 68.2 Å². The molecule has 2 aliphatic heterocycles. The lowest BCUT2D eigenvalue weighted by molar-refractivity contribution is -0.127. The molecule has 0 radical (unpaired) electrons. The zero-order valence-electron chi connectivity index (χ0n) is 23.0. The van der Waals surface area contributed by atoms with E-state index in [2.05, 4.69) is 15.9 Å². The summed E-state index contributed by atoms with van der Waals surface area (Å²) in [6, 6.07) is 16.8. The molecule has 1 spiro atoms. The van der Waals surface area contributed by atoms with Crippen molar-refractivity contribution >= 4 is 45.0 Å². The van der Waals surface area contributed by atoms with Crippen molar-refractivity contribution in [2.45, 2.75) is 38.8 Å². The number of Topliss-reactive ketones (excluding diaryl/α,β-unsaturated/α-hetero) is 3. The van der Waals surface area contributed by atoms with E-state index < -0.39 is 28.8 Å². The average Bonchev–Trinajstić information content (AvgIpc) is 3.37. The van der Waals surface area contributed by atoms with Crippen molar-refractivity contribution in [2.24, 2.45) is 10.8 Å². The van der Waals surface area contributed by atoms with Crippen molar-refractivity contribution in [1.82, 2.24) is 0 Å². The van der Waals surface area contributed by atoms with E-state index in [4.69, 9.17) is 9.47 Å². The lowest BCUT2D eigenvalue weighted by atomic mass is 9.63. The second kappa shape index (κ2) is 9.16. The molecule has 0 N–H and O–H groups in total. The summed E-state index contributed by atoms with van der Waals surface area (Å²) in [7, 11) is 3.09. The van der Waals surface area contributed by atoms with Crippen molar-refractivity contribution in [2.75, 3.05) is 19.1 Å². The number of para-hydroxylation sites is 1. The first-order valence-electron chi connectivity index (χ1n) is 13.3. The molecule has 1 saturated heterocycles. The SMILES string of the molecule is COc1cccc([C@H]2[C@@H](C(=O)C(C)(C)C)N3c4ccc(Br)cc4C=C[C@@H]3C23C(=O)c2ccccc2C3=O)c1OC. The second-order valence-corrected chi connectivity index (χ2v) is 12.5. The number of ketones is 3. The molecule has 0 saturated carbocycles. The normalized spacial score (nSPS) is 22.2. The number of carbonyl (C=O) groups excluding carboxylic acids is 3. The molecule has 0 bridgehead atoms. The van der Waals surface area contributed by atoms with Gasteiger partial charge in [0, 0.05) is 38.2 Å². The number of ether oxygens (including phenoxy) is 2. The van der Waals surface area contributed by atoms with Gasteiger partial charge in [0.1, 0.15) is 5.41 Å². The van der Waals surface area contributed by atoms with Gasteiger partial charge in [-0.1, -0.05) is 85.3 Å². The Morgan fingerprint density at radius 3 is 2.20 bits per heavy atom. The number of halogens is 1. The molecule has 40 heavy (non-hydrogen) atoms. The molecule has 2 heterocycles. The van der Waals surface area contributed by atoms with Crippen LogP contribution in [-0.2, 0) is 4.79 Å². The highest BCUT2D eigenvalue weighted by molar-refractivity contribution is 9.10. The van der Waals surface area contributed by atoms with E-state index in [-0.39, 0.29) is 17.3 Å². The minimum Gasteiger partial charge on any atom is -0.493 e. The van der Waals surface area contributed by atoms with Gasteiger partial charge in [-0.25, -0.2) is 0 Å². The number of methoxy groups -OCH3 is 2. The van der Waals surface area contributed by atoms with Crippen LogP contribution in [0.4, 0.5) is 5.69 Å². The summed E-state index contributed by atoms with van der Waals surface area (Å²) in [5.41, 5.74) is 0.728. The average molecular weight is 601 g/mol. The highest BCUT2D eigenvalue weighted by atomic mass is 79.9. The van der Waals surface area contributed by atoms with Gasteiger partial charge in [0.15, 0.2) is 28.8 Å². The first-order chi connectivity index (χ1) is 19.1. The monoisotopic (exact) mass is 599 g/mol. The van der Waals surface area contributed by atoms with Crippen molar-refractivity contribution in [3.05, 3.63) is 93.5 Å². The molecule has 1 fully saturated rings. The van der Waals surface area contributed by atoms with E-state index in [1.54, 1.807) is 37.4 Å². The Bertz CT molecular complexity index is 1580. The van der Waals surface area contributed by atoms with Gasteiger partial charge >= 0.3 is 0 Å². The fourth-order valence-electron chi connectivity index (χ4n) is 6.89. The third kappa shape index (κ3) is 3.43. The van der Waals surface area contributed by atoms with Crippen LogP contribution in [0, 0.1) is 10.8 Å². The fourth-order valence-corrected chi connectivity index (χ4v) is 7.27. The predicted octanol–water partition coefficient (Wildman–Crippen LogP) is 6.51. The van der Waals surface area contributed by atoms with Crippen LogP contribution in [0.15, 0.2) is 71.2 Å². The number of rotatable bonds is 4. The smallest absolute Gasteiger partial charge is 0.180 e. The Labute approximate surface area is 242 Å². The Morgan fingerprint density at radius 2 is 1.60 bits per heavy atom. The van der Waals surface area contributed by atoms with Crippen LogP contribution in [0.5, 0.6) is 11.5 Å². The molecule has 7 heteroatoms. The van der Waals surface area contributed by atoms with E-state index in [9.17, 15) is 14.4 Å². The quantitative estimate of drug-likeness (QED) is 0.318. The molecular formula is C33H30BrNO5. The molecule has 6 rings (SSSR count). The minimum atomic E-state index is -1.59. The van der Waals surface area contributed by atoms with Crippen molar-refractivity contribution in [3.63, 3.8) is 0 Å². The largest absolute Gasteiger partial charge is 0.493 e. The van der Waals surface area contributed by atoms with Gasteiger partial charge in [-0.05, 0) is 29.8 Å². The Kier molecular flexibility index (Phi) is 6.07. The van der Waals surface area contributed by atoms with Crippen molar-refractivity contribution in [1.29, 1.82) is 0 Å². The zero-order valence-corrected chi connectivity index (χ0v) is 24.6. The number of benzene rings is 3. The summed E-state index contributed by atoms with van der Waals surface area (Å²) in [5, 5.41) is 0. The standard InChI is InChI=1S/C33H30BrNO5/c1-32(2,3)31(38)27-26(22-11-8-12-24(39-4)28(22)40-5)33(29(36)20-9-6-7-10-21(20)30(33)37)25-16-13-18-17-19(34)14-15-23(18)35(25)27/h6-17,25-27H,1-5H3/t25-,26+,27+/m1/s1. The van der Waals surface area contributed by atoms with Gasteiger partial charge in [0.2, 0.25) is 0 Å². The van der Waals surface area contributed by atoms with Crippen molar-refractivity contribution in [3.8, 4) is 11.5 Å². The molecule has 3 aromatic carbocycles. The van der Waals surface area contributed by atoms with Crippen LogP contribution < -0.4 is 14.4 Å². The summed E-state index contributed by atoms with van der Waals surface area (Å²) in [4.78, 5) is 46.1. The molecule has 0 amide bonds. The second-order valence-electron chi connectivity index (χ2n) is 11.6. The number of carbonyl (C=O) groups is 3. The summed E-state index contributed by atoms with van der Waals surface area (Å²) < 4.78 is 12.4. The third-order valence-corrected chi connectivity index (χ3v) is 9.04. The van der Waals surface area contributed by atoms with Gasteiger partial charge in [-0.3, -0.25) is 14.4 Å². The van der Waals surface area contributed by atoms with Gasteiger partial charge in [0.25, 0.3) is 0 Å². The number of fused-ring (bicyclic) bond motifs is 5. The van der Waals surface area contributed by atoms with E-state index in [1.165, 1.54) is 7.11 Å². The maximum Gasteiger partial charge on any atom is 0.180 e. The Hall–Kier alpha value is -3.71. The van der Waals surface area contributed by atoms with Gasteiger partial charge < -0.3 is 14.4 Å². The lowest BCUT2D eigenvalue weighted by Gasteiger charge is -2.38. The summed E-state index contributed by atoms with van der Waals surface area (Å²) in [6.07, 6.45) is 3.88. The van der Waals surface area contributed by atoms with Gasteiger partial charge in [-0.2, -0.15) is 0 Å². The molecule has 204 valence electrons. The van der Waals surface area contributed by atoms with Crippen LogP contribution in [-0.4, -0.2) is 43.7 Å². The van der Waals surface area contributed by atoms with Crippen LogP contribution in [0.2, 0.25) is 0 Å². The number of hydrogen-bond acceptors (Lipinski definition) is 6. The van der Waals surface area contributed by atoms with Gasteiger partial charge in [-0.15, -0.1) is 0 Å². The Morgan fingerprint density at radius 1 is 0.925 bits per heavy atom. The van der Waals surface area contributed by atoms with Crippen LogP contribution in [0.3, 0.4) is 0 Å². The topological polar surface area (TPSA) is 72.9 Å². The van der Waals surface area contributed by atoms with Crippen LogP contribution >= 0.6 is 15.9 Å². The van der Waals surface area contributed by atoms with Gasteiger partial charge in [0.05, 0.1) is 26.3 Å². The number of nitrogens with zero attached hydrogens (tertiary/aromatic N) is 1. The molecule has 6 nitrogen and oxygen atoms in total. The molecule has 0 unspecified atom stereocenters. The highest BCUT2D eigenvalue weighted by Gasteiger charge is 2.72. The molecular weight excluding hydrogens is 570 g/mol. The van der Waals surface area contributed by atoms with Crippen molar-refractivity contribution < 1.29 is 23.9 Å². The molecule has 3 aromatic rings. The van der Waals surface area contributed by atoms with E-state index in [0.29, 0.717) is 28.2 Å². The van der Waals surface area contributed by atoms with E-state index >= 15 is 0 Å². The molecule has 1 aliphatic carbocycles. The highest BCUT2D eigenvalue weighted by Crippen LogP contribution is 2.62. The zero-order chi connectivity index (χ0) is 28.6. The maximum atomic E-state index is 14.7. The Balaban J connectivity index is 1.74. The van der Waals surface area contributed by atoms with Crippen LogP contribution in [0.1, 0.15) is 58.5 Å². The first kappa shape index (κ1) is 26.5. The molecule has 3 atom stereocenters. The minimum absolute atomic E-state index is 0.0648. The number of anilines is 1. The summed E-state index contributed by atoms with van der Waals surface area (Å²) in [5.74, 6) is -0.569. The van der Waals surface area contributed by atoms with E-state index in [0.717, 1.165) is 15.7 Å². The number of hydrogen-bond donors (Lipinski definition) is 0.